The standard InChI is InChI=1S/C65H48N4/c1-43-24-29-56(57(36-43)49-15-13-35-67-42-49)47-28-33-65-61(40-47)59-38-45(26-31-63(59)69(65)51-18-6-3-7-19-51)53-21-9-8-20-52(53)44-25-30-62-58(37-44)60-39-46(27-32-64(60)68(62)50-16-4-2-5-17-50)54-22-10-11-23-55(54)48-14-12-34-66-41-48/h2-11,13,15-23,25-43H,12,14,24H2,1H3. The second-order valence-corrected chi connectivity index (χ2v) is 18.5. The molecule has 4 heterocycles. The molecule has 11 aromatic rings. The van der Waals surface area contributed by atoms with Crippen molar-refractivity contribution in [2.45, 2.75) is 26.2 Å². The summed E-state index contributed by atoms with van der Waals surface area (Å²) in [6.07, 6.45) is 15.7. The third kappa shape index (κ3) is 7.07. The van der Waals surface area contributed by atoms with Crippen LogP contribution in [0, 0.1) is 5.92 Å². The quantitative estimate of drug-likeness (QED) is 0.150. The Morgan fingerprint density at radius 2 is 0.928 bits per heavy atom. The van der Waals surface area contributed by atoms with Crippen molar-refractivity contribution in [1.29, 1.82) is 0 Å². The largest absolute Gasteiger partial charge is 0.309 e. The molecule has 2 aliphatic rings. The summed E-state index contributed by atoms with van der Waals surface area (Å²) in [6.45, 7) is 2.30. The number of benzene rings is 8. The van der Waals surface area contributed by atoms with E-state index in [1.54, 1.807) is 0 Å². The van der Waals surface area contributed by atoms with E-state index in [0.717, 1.165) is 36.2 Å². The number of aromatic nitrogens is 3. The van der Waals surface area contributed by atoms with Crippen molar-refractivity contribution >= 4 is 66.5 Å². The van der Waals surface area contributed by atoms with Gasteiger partial charge in [0.25, 0.3) is 0 Å². The zero-order valence-electron chi connectivity index (χ0n) is 38.4. The first kappa shape index (κ1) is 40.7. The maximum Gasteiger partial charge on any atom is 0.0541 e. The van der Waals surface area contributed by atoms with Gasteiger partial charge in [0.05, 0.1) is 22.1 Å². The van der Waals surface area contributed by atoms with Crippen LogP contribution in [0.1, 0.15) is 42.9 Å². The van der Waals surface area contributed by atoms with Gasteiger partial charge in [-0.25, -0.2) is 0 Å². The van der Waals surface area contributed by atoms with Gasteiger partial charge in [-0.05, 0) is 165 Å². The minimum Gasteiger partial charge on any atom is -0.309 e. The van der Waals surface area contributed by atoms with Crippen LogP contribution < -0.4 is 0 Å². The first-order valence-corrected chi connectivity index (χ1v) is 24.2. The van der Waals surface area contributed by atoms with E-state index in [-0.39, 0.29) is 0 Å². The summed E-state index contributed by atoms with van der Waals surface area (Å²) in [5.74, 6) is 0.457. The smallest absolute Gasteiger partial charge is 0.0541 e. The molecule has 8 aromatic carbocycles. The summed E-state index contributed by atoms with van der Waals surface area (Å²) < 4.78 is 4.83. The number of para-hydroxylation sites is 2. The molecule has 0 amide bonds. The van der Waals surface area contributed by atoms with Crippen molar-refractivity contribution < 1.29 is 0 Å². The number of fused-ring (bicyclic) bond motifs is 6. The van der Waals surface area contributed by atoms with Gasteiger partial charge in [0.2, 0.25) is 0 Å². The summed E-state index contributed by atoms with van der Waals surface area (Å²) in [4.78, 5) is 9.05. The Morgan fingerprint density at radius 3 is 1.42 bits per heavy atom. The molecule has 1 atom stereocenters. The molecule has 4 nitrogen and oxygen atoms in total. The number of allylic oxidation sites excluding steroid dienone is 5. The van der Waals surface area contributed by atoms with Crippen LogP contribution >= 0.6 is 0 Å². The van der Waals surface area contributed by atoms with E-state index in [9.17, 15) is 0 Å². The SMILES string of the molecule is CC1C=C(c2cccnc2)C(c2ccc3c(c2)c2cc(-c4ccccc4-c4ccc5c(c4)c4cc(-c6ccccc6C6=CN=CCC6)ccc4n5-c4ccccc4)ccc2n3-c2ccccc2)=CC1. The molecule has 13 rings (SSSR count). The van der Waals surface area contributed by atoms with Crippen LogP contribution in [0.25, 0.3) is 105 Å². The van der Waals surface area contributed by atoms with Gasteiger partial charge in [0.1, 0.15) is 0 Å². The van der Waals surface area contributed by atoms with Crippen LogP contribution in [-0.4, -0.2) is 20.3 Å². The lowest BCUT2D eigenvalue weighted by Crippen LogP contribution is -2.01. The molecule has 328 valence electrons. The predicted octanol–water partition coefficient (Wildman–Crippen LogP) is 17.0. The van der Waals surface area contributed by atoms with Crippen LogP contribution in [-0.2, 0) is 0 Å². The Labute approximate surface area is 402 Å². The van der Waals surface area contributed by atoms with Crippen LogP contribution in [0.15, 0.2) is 230 Å². The fourth-order valence-electron chi connectivity index (χ4n) is 11.0. The second kappa shape index (κ2) is 16.9. The molecule has 4 heteroatoms. The Kier molecular flexibility index (Phi) is 9.97. The summed E-state index contributed by atoms with van der Waals surface area (Å²) in [5, 5.41) is 4.91. The van der Waals surface area contributed by atoms with Crippen molar-refractivity contribution in [3.05, 3.63) is 242 Å². The molecule has 1 aliphatic carbocycles. The Balaban J connectivity index is 0.977. The lowest BCUT2D eigenvalue weighted by atomic mass is 9.84. The molecule has 0 spiro atoms. The normalized spacial score (nSPS) is 14.9. The van der Waals surface area contributed by atoms with E-state index in [1.165, 1.54) is 105 Å². The lowest BCUT2D eigenvalue weighted by Gasteiger charge is -2.20. The van der Waals surface area contributed by atoms with E-state index in [2.05, 4.69) is 226 Å². The fourth-order valence-corrected chi connectivity index (χ4v) is 11.0. The molecule has 0 radical (unpaired) electrons. The number of hydrogen-bond acceptors (Lipinski definition) is 2. The highest BCUT2D eigenvalue weighted by molar-refractivity contribution is 6.15. The monoisotopic (exact) mass is 884 g/mol. The zero-order valence-corrected chi connectivity index (χ0v) is 38.4. The second-order valence-electron chi connectivity index (χ2n) is 18.5. The van der Waals surface area contributed by atoms with Crippen molar-refractivity contribution in [2.24, 2.45) is 10.9 Å². The molecular formula is C65H48N4. The highest BCUT2D eigenvalue weighted by atomic mass is 15.0. The van der Waals surface area contributed by atoms with Crippen molar-refractivity contribution in [3.8, 4) is 44.8 Å². The van der Waals surface area contributed by atoms with E-state index in [1.807, 2.05) is 30.9 Å². The van der Waals surface area contributed by atoms with Gasteiger partial charge in [-0.2, -0.15) is 0 Å². The van der Waals surface area contributed by atoms with Crippen LogP contribution in [0.2, 0.25) is 0 Å². The number of pyridine rings is 1. The zero-order chi connectivity index (χ0) is 45.8. The van der Waals surface area contributed by atoms with Crippen LogP contribution in [0.3, 0.4) is 0 Å². The van der Waals surface area contributed by atoms with Gasteiger partial charge in [-0.3, -0.25) is 9.98 Å². The minimum atomic E-state index is 0.457. The molecule has 3 aromatic heterocycles. The average molecular weight is 885 g/mol. The van der Waals surface area contributed by atoms with E-state index < -0.39 is 0 Å². The lowest BCUT2D eigenvalue weighted by molar-refractivity contribution is 0.742. The molecule has 0 saturated heterocycles. The predicted molar refractivity (Wildman–Crippen MR) is 291 cm³/mol. The van der Waals surface area contributed by atoms with E-state index in [4.69, 9.17) is 0 Å². The van der Waals surface area contributed by atoms with Gasteiger partial charge in [-0.15, -0.1) is 0 Å². The first-order valence-electron chi connectivity index (χ1n) is 24.2. The average Bonchev–Trinajstić information content (AvgIpc) is 3.93. The summed E-state index contributed by atoms with van der Waals surface area (Å²) in [5.41, 5.74) is 21.7. The molecule has 0 bridgehead atoms. The fraction of sp³-hybridized carbons (Fsp3) is 0.0769. The maximum absolute atomic E-state index is 4.54. The van der Waals surface area contributed by atoms with Crippen LogP contribution in [0.4, 0.5) is 0 Å². The highest BCUT2D eigenvalue weighted by Crippen LogP contribution is 2.44. The Hall–Kier alpha value is -8.60. The van der Waals surface area contributed by atoms with Gasteiger partial charge in [-0.1, -0.05) is 134 Å². The van der Waals surface area contributed by atoms with Crippen molar-refractivity contribution in [3.63, 3.8) is 0 Å². The maximum atomic E-state index is 4.54. The topological polar surface area (TPSA) is 35.1 Å². The molecule has 1 unspecified atom stereocenters. The minimum absolute atomic E-state index is 0.457. The van der Waals surface area contributed by atoms with Gasteiger partial charge < -0.3 is 9.13 Å². The molecule has 0 saturated carbocycles. The van der Waals surface area contributed by atoms with Crippen molar-refractivity contribution in [2.75, 3.05) is 0 Å². The van der Waals surface area contributed by atoms with Crippen molar-refractivity contribution in [1.82, 2.24) is 14.1 Å². The molecule has 0 fully saturated rings. The first-order chi connectivity index (χ1) is 34.1. The Bertz CT molecular complexity index is 3920. The summed E-state index contributed by atoms with van der Waals surface area (Å²) >= 11 is 0. The van der Waals surface area contributed by atoms with Crippen LogP contribution in [0.5, 0.6) is 0 Å². The number of nitrogens with zero attached hydrogens (tertiary/aromatic N) is 4. The number of rotatable bonds is 8. The molecular weight excluding hydrogens is 837 g/mol. The summed E-state index contributed by atoms with van der Waals surface area (Å²) in [7, 11) is 0. The highest BCUT2D eigenvalue weighted by Gasteiger charge is 2.22. The molecule has 0 N–H and O–H groups in total. The molecule has 69 heavy (non-hydrogen) atoms. The van der Waals surface area contributed by atoms with E-state index in [0.29, 0.717) is 5.92 Å². The van der Waals surface area contributed by atoms with Gasteiger partial charge in [0, 0.05) is 63.3 Å². The third-order valence-corrected chi connectivity index (χ3v) is 14.3. The number of hydrogen-bond donors (Lipinski definition) is 0. The summed E-state index contributed by atoms with van der Waals surface area (Å²) in [6, 6.07) is 71.6. The molecule has 1 aliphatic heterocycles. The van der Waals surface area contributed by atoms with E-state index >= 15 is 0 Å². The van der Waals surface area contributed by atoms with Gasteiger partial charge >= 0.3 is 0 Å². The number of aliphatic imine (C=N–C) groups is 1. The Morgan fingerprint density at radius 1 is 0.449 bits per heavy atom. The van der Waals surface area contributed by atoms with Gasteiger partial charge in [0.15, 0.2) is 0 Å². The third-order valence-electron chi connectivity index (χ3n) is 14.3.